The van der Waals surface area contributed by atoms with Gasteiger partial charge in [0, 0.05) is 18.6 Å². The summed E-state index contributed by atoms with van der Waals surface area (Å²) in [7, 11) is 0. The predicted octanol–water partition coefficient (Wildman–Crippen LogP) is 3.56. The van der Waals surface area contributed by atoms with Crippen LogP contribution >= 0.6 is 0 Å². The fourth-order valence-corrected chi connectivity index (χ4v) is 2.37. The first-order chi connectivity index (χ1) is 8.39. The second-order valence-electron chi connectivity index (χ2n) is 4.86. The van der Waals surface area contributed by atoms with Crippen molar-refractivity contribution >= 4 is 5.69 Å². The number of nitrogens with one attached hydrogen (secondary N) is 2. The summed E-state index contributed by atoms with van der Waals surface area (Å²) in [5, 5.41) is 6.19. The Bertz CT molecular complexity index is 427. The van der Waals surface area contributed by atoms with Crippen molar-refractivity contribution in [2.45, 2.75) is 38.5 Å². The van der Waals surface area contributed by atoms with Crippen molar-refractivity contribution < 1.29 is 13.2 Å². The van der Waals surface area contributed by atoms with Crippen LogP contribution in [0.15, 0.2) is 18.2 Å². The first kappa shape index (κ1) is 13.2. The van der Waals surface area contributed by atoms with Crippen molar-refractivity contribution in [2.24, 2.45) is 0 Å². The molecule has 1 aromatic carbocycles. The first-order valence-corrected chi connectivity index (χ1v) is 6.09. The molecule has 1 atom stereocenters. The second kappa shape index (κ2) is 4.80. The van der Waals surface area contributed by atoms with Gasteiger partial charge in [0.15, 0.2) is 0 Å². The molecule has 1 aromatic rings. The summed E-state index contributed by atoms with van der Waals surface area (Å²) < 4.78 is 38.7. The van der Waals surface area contributed by atoms with Gasteiger partial charge in [0.1, 0.15) is 0 Å². The molecule has 0 fully saturated rings. The Morgan fingerprint density at radius 3 is 2.67 bits per heavy atom. The van der Waals surface area contributed by atoms with Crippen LogP contribution in [0.2, 0.25) is 0 Å². The smallest absolute Gasteiger partial charge is 0.384 e. The van der Waals surface area contributed by atoms with Crippen LogP contribution in [0.3, 0.4) is 0 Å². The monoisotopic (exact) mass is 258 g/mol. The normalized spacial score (nSPS) is 19.6. The molecule has 2 N–H and O–H groups in total. The van der Waals surface area contributed by atoms with E-state index in [4.69, 9.17) is 0 Å². The van der Waals surface area contributed by atoms with Gasteiger partial charge in [-0.3, -0.25) is 0 Å². The Balaban J connectivity index is 2.41. The van der Waals surface area contributed by atoms with Gasteiger partial charge < -0.3 is 10.6 Å². The van der Waals surface area contributed by atoms with Crippen molar-refractivity contribution in [3.05, 3.63) is 29.3 Å². The highest BCUT2D eigenvalue weighted by molar-refractivity contribution is 5.61. The van der Waals surface area contributed by atoms with Gasteiger partial charge in [-0.2, -0.15) is 13.2 Å². The van der Waals surface area contributed by atoms with E-state index < -0.39 is 11.7 Å². The number of fused-ring (bicyclic) bond motifs is 1. The summed E-state index contributed by atoms with van der Waals surface area (Å²) in [6.45, 7) is 4.55. The molecule has 2 rings (SSSR count). The molecule has 100 valence electrons. The quantitative estimate of drug-likeness (QED) is 0.847. The summed E-state index contributed by atoms with van der Waals surface area (Å²) in [5.74, 6) is 0. The Morgan fingerprint density at radius 2 is 2.06 bits per heavy atom. The highest BCUT2D eigenvalue weighted by Crippen LogP contribution is 2.40. The Hall–Kier alpha value is -1.23. The SMILES string of the molecule is CC(C)NC1CCNc2c1cccc2C(F)(F)F. The van der Waals surface area contributed by atoms with E-state index in [1.165, 1.54) is 6.07 Å². The van der Waals surface area contributed by atoms with Crippen LogP contribution in [-0.2, 0) is 6.18 Å². The number of hydrogen-bond acceptors (Lipinski definition) is 2. The Labute approximate surface area is 105 Å². The highest BCUT2D eigenvalue weighted by Gasteiger charge is 2.36. The van der Waals surface area contributed by atoms with Gasteiger partial charge in [-0.1, -0.05) is 26.0 Å². The molecule has 0 amide bonds. The minimum absolute atomic E-state index is 0.0106. The third-order valence-electron chi connectivity index (χ3n) is 3.05. The summed E-state index contributed by atoms with van der Waals surface area (Å²) >= 11 is 0. The minimum atomic E-state index is -4.31. The van der Waals surface area contributed by atoms with E-state index in [1.54, 1.807) is 6.07 Å². The molecule has 0 aromatic heterocycles. The van der Waals surface area contributed by atoms with Crippen molar-refractivity contribution in [1.29, 1.82) is 0 Å². The lowest BCUT2D eigenvalue weighted by atomic mass is 9.94. The predicted molar refractivity (Wildman–Crippen MR) is 65.6 cm³/mol. The average Bonchev–Trinajstić information content (AvgIpc) is 2.26. The summed E-state index contributed by atoms with van der Waals surface area (Å²) in [6.07, 6.45) is -3.51. The van der Waals surface area contributed by atoms with Crippen molar-refractivity contribution in [2.75, 3.05) is 11.9 Å². The van der Waals surface area contributed by atoms with E-state index in [2.05, 4.69) is 10.6 Å². The van der Waals surface area contributed by atoms with Crippen LogP contribution in [0.4, 0.5) is 18.9 Å². The third-order valence-corrected chi connectivity index (χ3v) is 3.05. The lowest BCUT2D eigenvalue weighted by molar-refractivity contribution is -0.137. The maximum Gasteiger partial charge on any atom is 0.418 e. The van der Waals surface area contributed by atoms with Crippen molar-refractivity contribution in [3.8, 4) is 0 Å². The molecule has 2 nitrogen and oxygen atoms in total. The topological polar surface area (TPSA) is 24.1 Å². The molecular weight excluding hydrogens is 241 g/mol. The largest absolute Gasteiger partial charge is 0.418 e. The summed E-state index contributed by atoms with van der Waals surface area (Å²) in [4.78, 5) is 0. The van der Waals surface area contributed by atoms with E-state index in [0.29, 0.717) is 12.1 Å². The molecule has 5 heteroatoms. The molecule has 18 heavy (non-hydrogen) atoms. The van der Waals surface area contributed by atoms with Crippen LogP contribution < -0.4 is 10.6 Å². The molecule has 0 bridgehead atoms. The van der Waals surface area contributed by atoms with Crippen LogP contribution in [0.1, 0.15) is 37.4 Å². The number of anilines is 1. The molecular formula is C13H17F3N2. The number of benzene rings is 1. The second-order valence-corrected chi connectivity index (χ2v) is 4.86. The van der Waals surface area contributed by atoms with Gasteiger partial charge in [0.2, 0.25) is 0 Å². The number of hydrogen-bond donors (Lipinski definition) is 2. The molecule has 0 spiro atoms. The van der Waals surface area contributed by atoms with Gasteiger partial charge in [-0.25, -0.2) is 0 Å². The molecule has 1 heterocycles. The van der Waals surface area contributed by atoms with Crippen molar-refractivity contribution in [1.82, 2.24) is 5.32 Å². The number of para-hydroxylation sites is 1. The fourth-order valence-electron chi connectivity index (χ4n) is 2.37. The van der Waals surface area contributed by atoms with Crippen LogP contribution in [-0.4, -0.2) is 12.6 Å². The molecule has 1 aliphatic rings. The van der Waals surface area contributed by atoms with Gasteiger partial charge in [0.05, 0.1) is 11.3 Å². The summed E-state index contributed by atoms with van der Waals surface area (Å²) in [6, 6.07) is 4.60. The van der Waals surface area contributed by atoms with E-state index in [1.807, 2.05) is 13.8 Å². The number of halogens is 3. The average molecular weight is 258 g/mol. The standard InChI is InChI=1S/C13H17F3N2/c1-8(2)18-11-6-7-17-12-9(11)4-3-5-10(12)13(14,15)16/h3-5,8,11,17-18H,6-7H2,1-2H3. The van der Waals surface area contributed by atoms with E-state index in [9.17, 15) is 13.2 Å². The van der Waals surface area contributed by atoms with Gasteiger partial charge >= 0.3 is 6.18 Å². The van der Waals surface area contributed by atoms with Crippen molar-refractivity contribution in [3.63, 3.8) is 0 Å². The Kier molecular flexibility index (Phi) is 3.52. The van der Waals surface area contributed by atoms with E-state index >= 15 is 0 Å². The van der Waals surface area contributed by atoms with Crippen LogP contribution in [0, 0.1) is 0 Å². The highest BCUT2D eigenvalue weighted by atomic mass is 19.4. The molecule has 0 aliphatic carbocycles. The van der Waals surface area contributed by atoms with Crippen LogP contribution in [0.25, 0.3) is 0 Å². The third kappa shape index (κ3) is 2.61. The maximum absolute atomic E-state index is 12.9. The fraction of sp³-hybridized carbons (Fsp3) is 0.538. The summed E-state index contributed by atoms with van der Waals surface area (Å²) in [5.41, 5.74) is 0.370. The first-order valence-electron chi connectivity index (χ1n) is 6.09. The molecule has 0 radical (unpaired) electrons. The van der Waals surface area contributed by atoms with Gasteiger partial charge in [-0.15, -0.1) is 0 Å². The zero-order valence-electron chi connectivity index (χ0n) is 10.4. The number of rotatable bonds is 2. The molecule has 1 aliphatic heterocycles. The lowest BCUT2D eigenvalue weighted by Crippen LogP contribution is -2.33. The van der Waals surface area contributed by atoms with E-state index in [0.717, 1.165) is 12.5 Å². The zero-order valence-corrected chi connectivity index (χ0v) is 10.4. The molecule has 1 unspecified atom stereocenters. The number of alkyl halides is 3. The zero-order chi connectivity index (χ0) is 13.3. The Morgan fingerprint density at radius 1 is 1.33 bits per heavy atom. The van der Waals surface area contributed by atoms with Gasteiger partial charge in [-0.05, 0) is 18.1 Å². The minimum Gasteiger partial charge on any atom is -0.384 e. The van der Waals surface area contributed by atoms with Gasteiger partial charge in [0.25, 0.3) is 0 Å². The molecule has 0 saturated heterocycles. The molecule has 0 saturated carbocycles. The van der Waals surface area contributed by atoms with E-state index in [-0.39, 0.29) is 17.8 Å². The lowest BCUT2D eigenvalue weighted by Gasteiger charge is -2.31. The maximum atomic E-state index is 12.9. The van der Waals surface area contributed by atoms with Crippen LogP contribution in [0.5, 0.6) is 0 Å².